The topological polar surface area (TPSA) is 55.6 Å². The van der Waals surface area contributed by atoms with Crippen molar-refractivity contribution in [2.75, 3.05) is 6.54 Å². The minimum Gasteiger partial charge on any atom is -0.304 e. The Labute approximate surface area is 138 Å². The molecule has 5 nitrogen and oxygen atoms in total. The Bertz CT molecular complexity index is 579. The van der Waals surface area contributed by atoms with Gasteiger partial charge < -0.3 is 5.32 Å². The monoisotopic (exact) mass is 371 g/mol. The molecule has 0 bridgehead atoms. The number of aromatic nitrogens is 4. The van der Waals surface area contributed by atoms with Gasteiger partial charge in [-0.25, -0.2) is 0 Å². The lowest BCUT2D eigenvalue weighted by atomic mass is 9.89. The summed E-state index contributed by atoms with van der Waals surface area (Å²) in [7, 11) is 1.96. The number of halogens is 1. The van der Waals surface area contributed by atoms with E-state index in [4.69, 9.17) is 0 Å². The Morgan fingerprint density at radius 3 is 2.67 bits per heavy atom. The van der Waals surface area contributed by atoms with E-state index in [-0.39, 0.29) is 11.5 Å². The smallest absolute Gasteiger partial charge is 0.0888 e. The fourth-order valence-corrected chi connectivity index (χ4v) is 3.78. The molecule has 2 heterocycles. The molecule has 0 fully saturated rings. The maximum absolute atomic E-state index is 4.37. The lowest BCUT2D eigenvalue weighted by molar-refractivity contribution is 0.521. The third-order valence-corrected chi connectivity index (χ3v) is 4.70. The van der Waals surface area contributed by atoms with E-state index in [2.05, 4.69) is 63.6 Å². The summed E-state index contributed by atoms with van der Waals surface area (Å²) >= 11 is 5.08. The van der Waals surface area contributed by atoms with Gasteiger partial charge in [0.15, 0.2) is 0 Å². The van der Waals surface area contributed by atoms with Crippen LogP contribution in [0.1, 0.15) is 56.4 Å². The molecular formula is C14H22BrN5S. The Morgan fingerprint density at radius 2 is 2.14 bits per heavy atom. The molecule has 21 heavy (non-hydrogen) atoms. The number of nitrogens with one attached hydrogen (secondary N) is 1. The van der Waals surface area contributed by atoms with E-state index in [9.17, 15) is 0 Å². The van der Waals surface area contributed by atoms with Crippen LogP contribution in [0.25, 0.3) is 0 Å². The SMILES string of the molecule is CCCNC(c1snnc1C(C)(C)C)c1c(Br)cnn1C. The number of nitrogens with zero attached hydrogens (tertiary/aromatic N) is 4. The number of rotatable bonds is 5. The average molecular weight is 372 g/mol. The summed E-state index contributed by atoms with van der Waals surface area (Å²) in [4.78, 5) is 1.17. The largest absolute Gasteiger partial charge is 0.304 e. The molecule has 1 unspecified atom stereocenters. The van der Waals surface area contributed by atoms with Gasteiger partial charge in [0.25, 0.3) is 0 Å². The van der Waals surface area contributed by atoms with Gasteiger partial charge >= 0.3 is 0 Å². The van der Waals surface area contributed by atoms with E-state index < -0.39 is 0 Å². The van der Waals surface area contributed by atoms with Crippen molar-refractivity contribution in [3.05, 3.63) is 26.9 Å². The number of hydrogen-bond donors (Lipinski definition) is 1. The van der Waals surface area contributed by atoms with Crippen molar-refractivity contribution in [1.82, 2.24) is 24.7 Å². The van der Waals surface area contributed by atoms with Crippen molar-refractivity contribution >= 4 is 27.5 Å². The van der Waals surface area contributed by atoms with Gasteiger partial charge in [-0.1, -0.05) is 32.2 Å². The maximum Gasteiger partial charge on any atom is 0.0888 e. The molecule has 2 rings (SSSR count). The molecule has 2 aromatic heterocycles. The lowest BCUT2D eigenvalue weighted by Crippen LogP contribution is -2.27. The summed E-state index contributed by atoms with van der Waals surface area (Å²) < 4.78 is 7.11. The summed E-state index contributed by atoms with van der Waals surface area (Å²) in [6.45, 7) is 9.61. The summed E-state index contributed by atoms with van der Waals surface area (Å²) in [6.07, 6.45) is 2.91. The summed E-state index contributed by atoms with van der Waals surface area (Å²) in [6, 6.07) is 0.0565. The summed E-state index contributed by atoms with van der Waals surface area (Å²) in [5, 5.41) is 12.3. The minimum atomic E-state index is -0.0282. The van der Waals surface area contributed by atoms with E-state index in [0.717, 1.165) is 28.8 Å². The molecule has 1 atom stereocenters. The van der Waals surface area contributed by atoms with Gasteiger partial charge in [0.1, 0.15) is 0 Å². The van der Waals surface area contributed by atoms with Crippen molar-refractivity contribution in [3.63, 3.8) is 0 Å². The van der Waals surface area contributed by atoms with Gasteiger partial charge in [-0.3, -0.25) is 4.68 Å². The highest BCUT2D eigenvalue weighted by Crippen LogP contribution is 2.35. The Kier molecular flexibility index (Phi) is 5.16. The second kappa shape index (κ2) is 6.54. The summed E-state index contributed by atoms with van der Waals surface area (Å²) in [5.74, 6) is 0. The molecule has 0 aliphatic heterocycles. The number of aryl methyl sites for hydroxylation is 1. The van der Waals surface area contributed by atoms with Crippen LogP contribution in [0.3, 0.4) is 0 Å². The highest BCUT2D eigenvalue weighted by molar-refractivity contribution is 9.10. The van der Waals surface area contributed by atoms with Crippen LogP contribution in [-0.2, 0) is 12.5 Å². The van der Waals surface area contributed by atoms with Crippen LogP contribution < -0.4 is 5.32 Å². The first kappa shape index (κ1) is 16.6. The Hall–Kier alpha value is -0.790. The van der Waals surface area contributed by atoms with Gasteiger partial charge in [0, 0.05) is 12.5 Å². The van der Waals surface area contributed by atoms with Crippen LogP contribution >= 0.6 is 27.5 Å². The third kappa shape index (κ3) is 3.52. The quantitative estimate of drug-likeness (QED) is 0.874. The van der Waals surface area contributed by atoms with Crippen molar-refractivity contribution in [2.24, 2.45) is 7.05 Å². The molecule has 7 heteroatoms. The highest BCUT2D eigenvalue weighted by atomic mass is 79.9. The summed E-state index contributed by atoms with van der Waals surface area (Å²) in [5.41, 5.74) is 2.13. The highest BCUT2D eigenvalue weighted by Gasteiger charge is 2.30. The first-order valence-electron chi connectivity index (χ1n) is 7.09. The molecule has 116 valence electrons. The van der Waals surface area contributed by atoms with Crippen LogP contribution in [0.5, 0.6) is 0 Å². The van der Waals surface area contributed by atoms with Gasteiger partial charge in [-0.15, -0.1) is 5.10 Å². The van der Waals surface area contributed by atoms with Crippen molar-refractivity contribution in [1.29, 1.82) is 0 Å². The molecule has 2 aromatic rings. The van der Waals surface area contributed by atoms with Crippen LogP contribution in [0, 0.1) is 0 Å². The molecule has 1 N–H and O–H groups in total. The minimum absolute atomic E-state index is 0.0282. The van der Waals surface area contributed by atoms with Gasteiger partial charge in [-0.2, -0.15) is 5.10 Å². The van der Waals surface area contributed by atoms with Gasteiger partial charge in [0.05, 0.1) is 33.0 Å². The molecule has 0 amide bonds. The molecule has 0 aliphatic carbocycles. The molecule has 0 saturated carbocycles. The molecule has 0 radical (unpaired) electrons. The van der Waals surface area contributed by atoms with Gasteiger partial charge in [0.2, 0.25) is 0 Å². The third-order valence-electron chi connectivity index (χ3n) is 3.30. The van der Waals surface area contributed by atoms with E-state index in [0.29, 0.717) is 0 Å². The predicted octanol–water partition coefficient (Wildman–Crippen LogP) is 3.42. The first-order valence-corrected chi connectivity index (χ1v) is 8.66. The molecule has 0 saturated heterocycles. The van der Waals surface area contributed by atoms with E-state index >= 15 is 0 Å². The van der Waals surface area contributed by atoms with E-state index in [1.54, 1.807) is 0 Å². The van der Waals surface area contributed by atoms with Crippen LogP contribution in [0.15, 0.2) is 10.7 Å². The van der Waals surface area contributed by atoms with E-state index in [1.165, 1.54) is 16.4 Å². The first-order chi connectivity index (χ1) is 9.86. The fourth-order valence-electron chi connectivity index (χ4n) is 2.25. The zero-order valence-corrected chi connectivity index (χ0v) is 15.5. The van der Waals surface area contributed by atoms with Crippen LogP contribution in [-0.4, -0.2) is 25.9 Å². The zero-order valence-electron chi connectivity index (χ0n) is 13.1. The predicted molar refractivity (Wildman–Crippen MR) is 89.7 cm³/mol. The fraction of sp³-hybridized carbons (Fsp3) is 0.643. The average Bonchev–Trinajstić information content (AvgIpc) is 3.00. The molecular weight excluding hydrogens is 350 g/mol. The van der Waals surface area contributed by atoms with Gasteiger partial charge in [-0.05, 0) is 40.4 Å². The van der Waals surface area contributed by atoms with Crippen LogP contribution in [0.4, 0.5) is 0 Å². The van der Waals surface area contributed by atoms with E-state index in [1.807, 2.05) is 17.9 Å². The normalized spacial score (nSPS) is 13.6. The molecule has 0 aliphatic rings. The van der Waals surface area contributed by atoms with Crippen molar-refractivity contribution in [2.45, 2.75) is 45.6 Å². The number of hydrogen-bond acceptors (Lipinski definition) is 5. The Morgan fingerprint density at radius 1 is 1.43 bits per heavy atom. The Balaban J connectivity index is 2.49. The standard InChI is InChI=1S/C14H22BrN5S/c1-6-7-16-10(11-9(15)8-17-20(11)5)12-13(14(2,3)4)18-19-21-12/h8,10,16H,6-7H2,1-5H3. The zero-order chi connectivity index (χ0) is 15.6. The second-order valence-corrected chi connectivity index (χ2v) is 7.76. The lowest BCUT2D eigenvalue weighted by Gasteiger charge is -2.23. The van der Waals surface area contributed by atoms with Crippen molar-refractivity contribution < 1.29 is 0 Å². The maximum atomic E-state index is 4.37. The molecule has 0 spiro atoms. The van der Waals surface area contributed by atoms with Crippen molar-refractivity contribution in [3.8, 4) is 0 Å². The second-order valence-electron chi connectivity index (χ2n) is 6.12. The van der Waals surface area contributed by atoms with Crippen LogP contribution in [0.2, 0.25) is 0 Å². The molecule has 0 aromatic carbocycles.